The second-order valence-electron chi connectivity index (χ2n) is 6.19. The lowest BCUT2D eigenvalue weighted by molar-refractivity contribution is 0.0956. The van der Waals surface area contributed by atoms with E-state index in [1.807, 2.05) is 6.07 Å². The van der Waals surface area contributed by atoms with E-state index in [0.717, 1.165) is 4.47 Å². The zero-order valence-electron chi connectivity index (χ0n) is 16.2. The standard InChI is InChI=1S/C21H17BrClN3O4S/c1-30-20-11-6-15(22)12-14(20)13-24-25-21(27)18-4-2-3-5-19(18)26-31(28,29)17-9-7-16(23)8-10-17/h2-13,26H,1H3,(H,25,27). The number of halogens is 2. The zero-order chi connectivity index (χ0) is 22.4. The number of nitrogens with zero attached hydrogens (tertiary/aromatic N) is 1. The number of carbonyl (C=O) groups excluding carboxylic acids is 1. The van der Waals surface area contributed by atoms with Gasteiger partial charge in [-0.1, -0.05) is 39.7 Å². The third kappa shape index (κ3) is 5.84. The molecule has 3 aromatic rings. The van der Waals surface area contributed by atoms with Crippen molar-refractivity contribution >= 4 is 55.4 Å². The highest BCUT2D eigenvalue weighted by molar-refractivity contribution is 9.10. The fourth-order valence-corrected chi connectivity index (χ4v) is 4.20. The first-order chi connectivity index (χ1) is 14.8. The molecule has 3 aromatic carbocycles. The zero-order valence-corrected chi connectivity index (χ0v) is 19.3. The Morgan fingerprint density at radius 1 is 1.10 bits per heavy atom. The van der Waals surface area contributed by atoms with Crippen molar-refractivity contribution in [1.29, 1.82) is 0 Å². The third-order valence-electron chi connectivity index (χ3n) is 4.10. The Hall–Kier alpha value is -2.88. The molecule has 0 unspecified atom stereocenters. The molecular formula is C21H17BrClN3O4S. The first kappa shape index (κ1) is 22.8. The van der Waals surface area contributed by atoms with E-state index >= 15 is 0 Å². The number of hydrogen-bond acceptors (Lipinski definition) is 5. The highest BCUT2D eigenvalue weighted by Crippen LogP contribution is 2.22. The molecular weight excluding hydrogens is 506 g/mol. The van der Waals surface area contributed by atoms with Crippen LogP contribution in [0.3, 0.4) is 0 Å². The van der Waals surface area contributed by atoms with Gasteiger partial charge in [-0.25, -0.2) is 13.8 Å². The Balaban J connectivity index is 1.79. The summed E-state index contributed by atoms with van der Waals surface area (Å²) in [6.45, 7) is 0. The van der Waals surface area contributed by atoms with Crippen LogP contribution in [0.15, 0.2) is 81.2 Å². The van der Waals surface area contributed by atoms with E-state index in [1.165, 1.54) is 49.7 Å². The van der Waals surface area contributed by atoms with E-state index < -0.39 is 15.9 Å². The molecule has 10 heteroatoms. The Morgan fingerprint density at radius 3 is 2.52 bits per heavy atom. The van der Waals surface area contributed by atoms with E-state index in [1.54, 1.807) is 24.3 Å². The lowest BCUT2D eigenvalue weighted by Gasteiger charge is -2.12. The third-order valence-corrected chi connectivity index (χ3v) is 6.23. The van der Waals surface area contributed by atoms with E-state index in [9.17, 15) is 13.2 Å². The number of benzene rings is 3. The number of amides is 1. The minimum atomic E-state index is -3.91. The van der Waals surface area contributed by atoms with Gasteiger partial charge < -0.3 is 4.74 Å². The Kier molecular flexibility index (Phi) is 7.32. The largest absolute Gasteiger partial charge is 0.496 e. The average Bonchev–Trinajstić information content (AvgIpc) is 2.74. The van der Waals surface area contributed by atoms with Gasteiger partial charge in [0.05, 0.1) is 29.5 Å². The van der Waals surface area contributed by atoms with Gasteiger partial charge in [-0.2, -0.15) is 5.10 Å². The molecule has 0 aliphatic heterocycles. The predicted molar refractivity (Wildman–Crippen MR) is 124 cm³/mol. The number of sulfonamides is 1. The van der Waals surface area contributed by atoms with Crippen molar-refractivity contribution in [2.24, 2.45) is 5.10 Å². The second-order valence-corrected chi connectivity index (χ2v) is 9.22. The van der Waals surface area contributed by atoms with Crippen molar-refractivity contribution < 1.29 is 17.9 Å². The lowest BCUT2D eigenvalue weighted by Crippen LogP contribution is -2.21. The van der Waals surface area contributed by atoms with E-state index in [-0.39, 0.29) is 16.1 Å². The summed E-state index contributed by atoms with van der Waals surface area (Å²) in [7, 11) is -2.38. The van der Waals surface area contributed by atoms with Crippen LogP contribution in [0.5, 0.6) is 5.75 Å². The summed E-state index contributed by atoms with van der Waals surface area (Å²) in [6.07, 6.45) is 1.43. The van der Waals surface area contributed by atoms with Gasteiger partial charge in [0.25, 0.3) is 15.9 Å². The molecule has 31 heavy (non-hydrogen) atoms. The SMILES string of the molecule is COc1ccc(Br)cc1C=NNC(=O)c1ccccc1NS(=O)(=O)c1ccc(Cl)cc1. The van der Waals surface area contributed by atoms with Crippen LogP contribution in [0.2, 0.25) is 5.02 Å². The molecule has 3 rings (SSSR count). The molecule has 7 nitrogen and oxygen atoms in total. The van der Waals surface area contributed by atoms with Crippen LogP contribution in [0.4, 0.5) is 5.69 Å². The first-order valence-electron chi connectivity index (χ1n) is 8.84. The molecule has 0 aliphatic carbocycles. The topological polar surface area (TPSA) is 96.9 Å². The molecule has 0 fully saturated rings. The molecule has 0 aliphatic rings. The monoisotopic (exact) mass is 521 g/mol. The summed E-state index contributed by atoms with van der Waals surface area (Å²) < 4.78 is 33.8. The fourth-order valence-electron chi connectivity index (χ4n) is 2.61. The molecule has 2 N–H and O–H groups in total. The van der Waals surface area contributed by atoms with Gasteiger partial charge in [0.2, 0.25) is 0 Å². The normalized spacial score (nSPS) is 11.3. The maximum atomic E-state index is 12.7. The Morgan fingerprint density at radius 2 is 1.81 bits per heavy atom. The van der Waals surface area contributed by atoms with E-state index in [4.69, 9.17) is 16.3 Å². The molecule has 0 bridgehead atoms. The summed E-state index contributed by atoms with van der Waals surface area (Å²) in [5.41, 5.74) is 3.27. The van der Waals surface area contributed by atoms with Crippen LogP contribution in [-0.4, -0.2) is 27.6 Å². The second kappa shape index (κ2) is 9.95. The lowest BCUT2D eigenvalue weighted by atomic mass is 10.2. The van der Waals surface area contributed by atoms with Gasteiger partial charge in [-0.05, 0) is 54.6 Å². The molecule has 0 atom stereocenters. The van der Waals surface area contributed by atoms with Gasteiger partial charge >= 0.3 is 0 Å². The summed E-state index contributed by atoms with van der Waals surface area (Å²) in [6, 6.07) is 17.3. The number of rotatable bonds is 7. The molecule has 0 spiro atoms. The van der Waals surface area contributed by atoms with Gasteiger partial charge in [-0.15, -0.1) is 0 Å². The average molecular weight is 523 g/mol. The highest BCUT2D eigenvalue weighted by Gasteiger charge is 2.18. The molecule has 0 saturated carbocycles. The number of hydrazone groups is 1. The van der Waals surface area contributed by atoms with Crippen LogP contribution < -0.4 is 14.9 Å². The highest BCUT2D eigenvalue weighted by atomic mass is 79.9. The number of methoxy groups -OCH3 is 1. The van der Waals surface area contributed by atoms with Crippen LogP contribution in [-0.2, 0) is 10.0 Å². The first-order valence-corrected chi connectivity index (χ1v) is 11.5. The molecule has 0 radical (unpaired) electrons. The van der Waals surface area contributed by atoms with Crippen molar-refractivity contribution in [1.82, 2.24) is 5.43 Å². The summed E-state index contributed by atoms with van der Waals surface area (Å²) in [4.78, 5) is 12.6. The van der Waals surface area contributed by atoms with Crippen LogP contribution in [0.25, 0.3) is 0 Å². The Bertz CT molecular complexity index is 1230. The number of nitrogens with one attached hydrogen (secondary N) is 2. The van der Waals surface area contributed by atoms with Crippen molar-refractivity contribution in [2.45, 2.75) is 4.90 Å². The van der Waals surface area contributed by atoms with E-state index in [0.29, 0.717) is 16.3 Å². The number of ether oxygens (including phenoxy) is 1. The van der Waals surface area contributed by atoms with Crippen LogP contribution >= 0.6 is 27.5 Å². The van der Waals surface area contributed by atoms with Gasteiger partial charge in [0.15, 0.2) is 0 Å². The van der Waals surface area contributed by atoms with Crippen molar-refractivity contribution in [3.8, 4) is 5.75 Å². The van der Waals surface area contributed by atoms with Crippen molar-refractivity contribution in [3.63, 3.8) is 0 Å². The summed E-state index contributed by atoms with van der Waals surface area (Å²) >= 11 is 9.18. The number of hydrogen-bond donors (Lipinski definition) is 2. The number of para-hydroxylation sites is 1. The smallest absolute Gasteiger partial charge is 0.273 e. The van der Waals surface area contributed by atoms with Gasteiger partial charge in [0.1, 0.15) is 5.75 Å². The van der Waals surface area contributed by atoms with Crippen LogP contribution in [0, 0.1) is 0 Å². The van der Waals surface area contributed by atoms with Gasteiger partial charge in [-0.3, -0.25) is 9.52 Å². The van der Waals surface area contributed by atoms with E-state index in [2.05, 4.69) is 31.2 Å². The molecule has 160 valence electrons. The predicted octanol–water partition coefficient (Wildman–Crippen LogP) is 4.68. The molecule has 0 saturated heterocycles. The summed E-state index contributed by atoms with van der Waals surface area (Å²) in [5.74, 6) is -0.00283. The minimum absolute atomic E-state index is 0.0203. The molecule has 0 heterocycles. The molecule has 0 aromatic heterocycles. The quantitative estimate of drug-likeness (QED) is 0.348. The maximum absolute atomic E-state index is 12.7. The van der Waals surface area contributed by atoms with Crippen molar-refractivity contribution in [2.75, 3.05) is 11.8 Å². The summed E-state index contributed by atoms with van der Waals surface area (Å²) in [5, 5.41) is 4.37. The number of anilines is 1. The molecule has 1 amide bonds. The van der Waals surface area contributed by atoms with Crippen molar-refractivity contribution in [3.05, 3.63) is 87.4 Å². The number of carbonyl (C=O) groups is 1. The van der Waals surface area contributed by atoms with Gasteiger partial charge in [0, 0.05) is 15.1 Å². The minimum Gasteiger partial charge on any atom is -0.496 e. The van der Waals surface area contributed by atoms with Crippen LogP contribution in [0.1, 0.15) is 15.9 Å². The maximum Gasteiger partial charge on any atom is 0.273 e. The fraction of sp³-hybridized carbons (Fsp3) is 0.0476. The Labute approximate surface area is 193 Å².